The van der Waals surface area contributed by atoms with E-state index >= 15 is 0 Å². The SMILES string of the molecule is C[C@H]1CN=C(c2ccc3c(c2)nc(N)n3-c2ccc(F)cc2)N1. The van der Waals surface area contributed by atoms with Gasteiger partial charge in [-0.15, -0.1) is 0 Å². The number of fused-ring (bicyclic) bond motifs is 1. The van der Waals surface area contributed by atoms with Gasteiger partial charge in [-0.3, -0.25) is 9.56 Å². The van der Waals surface area contributed by atoms with Crippen LogP contribution in [0.5, 0.6) is 0 Å². The number of benzene rings is 2. The molecule has 23 heavy (non-hydrogen) atoms. The monoisotopic (exact) mass is 309 g/mol. The molecule has 0 radical (unpaired) electrons. The van der Waals surface area contributed by atoms with Crippen LogP contribution < -0.4 is 11.1 Å². The molecule has 0 unspecified atom stereocenters. The van der Waals surface area contributed by atoms with E-state index in [9.17, 15) is 4.39 Å². The quantitative estimate of drug-likeness (QED) is 0.764. The third-order valence-corrected chi connectivity index (χ3v) is 3.95. The molecule has 0 fully saturated rings. The summed E-state index contributed by atoms with van der Waals surface area (Å²) in [5.74, 6) is 0.978. The van der Waals surface area contributed by atoms with Gasteiger partial charge in [-0.25, -0.2) is 9.37 Å². The lowest BCUT2D eigenvalue weighted by molar-refractivity contribution is 0.627. The zero-order valence-corrected chi connectivity index (χ0v) is 12.6. The van der Waals surface area contributed by atoms with Crippen molar-refractivity contribution in [2.24, 2.45) is 4.99 Å². The van der Waals surface area contributed by atoms with Crippen LogP contribution in [0, 0.1) is 5.82 Å². The minimum atomic E-state index is -0.279. The highest BCUT2D eigenvalue weighted by molar-refractivity contribution is 6.02. The molecule has 3 N–H and O–H groups in total. The number of amidine groups is 1. The number of nitrogen functional groups attached to an aromatic ring is 1. The van der Waals surface area contributed by atoms with Gasteiger partial charge in [0.2, 0.25) is 5.95 Å². The number of anilines is 1. The van der Waals surface area contributed by atoms with E-state index in [-0.39, 0.29) is 5.82 Å². The number of rotatable bonds is 2. The molecule has 0 spiro atoms. The molecule has 0 saturated heterocycles. The Hall–Kier alpha value is -2.89. The fraction of sp³-hybridized carbons (Fsp3) is 0.176. The van der Waals surface area contributed by atoms with Gasteiger partial charge in [0, 0.05) is 17.3 Å². The summed E-state index contributed by atoms with van der Waals surface area (Å²) in [4.78, 5) is 8.92. The number of nitrogens with two attached hydrogens (primary N) is 1. The highest BCUT2D eigenvalue weighted by Crippen LogP contribution is 2.24. The fourth-order valence-corrected chi connectivity index (χ4v) is 2.84. The van der Waals surface area contributed by atoms with Crippen LogP contribution >= 0.6 is 0 Å². The summed E-state index contributed by atoms with van der Waals surface area (Å²) >= 11 is 0. The third kappa shape index (κ3) is 2.32. The number of nitrogens with zero attached hydrogens (tertiary/aromatic N) is 3. The molecule has 2 heterocycles. The largest absolute Gasteiger partial charge is 0.369 e. The lowest BCUT2D eigenvalue weighted by atomic mass is 10.1. The first-order valence-electron chi connectivity index (χ1n) is 7.47. The number of aromatic nitrogens is 2. The van der Waals surface area contributed by atoms with Gasteiger partial charge in [0.25, 0.3) is 0 Å². The van der Waals surface area contributed by atoms with Crippen LogP contribution in [0.2, 0.25) is 0 Å². The van der Waals surface area contributed by atoms with Gasteiger partial charge < -0.3 is 11.1 Å². The Morgan fingerprint density at radius 1 is 1.22 bits per heavy atom. The number of imidazole rings is 1. The average Bonchev–Trinajstić information content (AvgIpc) is 3.10. The Balaban J connectivity index is 1.81. The minimum Gasteiger partial charge on any atom is -0.369 e. The van der Waals surface area contributed by atoms with Gasteiger partial charge in [0.15, 0.2) is 0 Å². The van der Waals surface area contributed by atoms with Crippen molar-refractivity contribution < 1.29 is 4.39 Å². The van der Waals surface area contributed by atoms with Crippen molar-refractivity contribution in [3.05, 3.63) is 53.8 Å². The van der Waals surface area contributed by atoms with Crippen molar-refractivity contribution in [3.63, 3.8) is 0 Å². The molecule has 0 saturated carbocycles. The normalized spacial score (nSPS) is 17.3. The molecule has 4 rings (SSSR count). The number of nitrogens with one attached hydrogen (secondary N) is 1. The molecule has 1 aliphatic rings. The molecule has 2 aromatic carbocycles. The Morgan fingerprint density at radius 2 is 2.00 bits per heavy atom. The fourth-order valence-electron chi connectivity index (χ4n) is 2.84. The molecule has 5 nitrogen and oxygen atoms in total. The van der Waals surface area contributed by atoms with E-state index in [0.29, 0.717) is 12.0 Å². The molecule has 6 heteroatoms. The summed E-state index contributed by atoms with van der Waals surface area (Å²) < 4.78 is 14.9. The molecule has 0 amide bonds. The smallest absolute Gasteiger partial charge is 0.205 e. The van der Waals surface area contributed by atoms with Crippen LogP contribution in [0.15, 0.2) is 47.5 Å². The summed E-state index contributed by atoms with van der Waals surface area (Å²) in [5, 5.41) is 3.34. The second-order valence-electron chi connectivity index (χ2n) is 5.72. The Bertz CT molecular complexity index is 911. The van der Waals surface area contributed by atoms with E-state index in [4.69, 9.17) is 5.73 Å². The number of hydrogen-bond acceptors (Lipinski definition) is 4. The van der Waals surface area contributed by atoms with Crippen LogP contribution in [0.4, 0.5) is 10.3 Å². The standard InChI is InChI=1S/C17H16FN5/c1-10-9-20-16(21-10)11-2-7-15-14(8-11)22-17(19)23(15)13-5-3-12(18)4-6-13/h2-8,10H,9H2,1H3,(H2,19,22)(H,20,21)/t10-/m0/s1. The van der Waals surface area contributed by atoms with Gasteiger partial charge >= 0.3 is 0 Å². The third-order valence-electron chi connectivity index (χ3n) is 3.95. The molecule has 0 aliphatic carbocycles. The Labute approximate surface area is 132 Å². The summed E-state index contributed by atoms with van der Waals surface area (Å²) in [6.07, 6.45) is 0. The van der Waals surface area contributed by atoms with Crippen molar-refractivity contribution in [3.8, 4) is 5.69 Å². The average molecular weight is 309 g/mol. The van der Waals surface area contributed by atoms with Crippen molar-refractivity contribution in [2.45, 2.75) is 13.0 Å². The maximum Gasteiger partial charge on any atom is 0.205 e. The van der Waals surface area contributed by atoms with Crippen molar-refractivity contribution in [1.82, 2.24) is 14.9 Å². The lowest BCUT2D eigenvalue weighted by Crippen LogP contribution is -2.27. The first kappa shape index (κ1) is 13.8. The van der Waals surface area contributed by atoms with Crippen molar-refractivity contribution in [1.29, 1.82) is 0 Å². The number of hydrogen-bond donors (Lipinski definition) is 2. The summed E-state index contributed by atoms with van der Waals surface area (Å²) in [6, 6.07) is 12.5. The summed E-state index contributed by atoms with van der Waals surface area (Å²) in [5.41, 5.74) is 9.50. The van der Waals surface area contributed by atoms with Crippen molar-refractivity contribution in [2.75, 3.05) is 12.3 Å². The predicted octanol–water partition coefficient (Wildman–Crippen LogP) is 2.49. The second kappa shape index (κ2) is 5.08. The molecule has 1 atom stereocenters. The molecule has 3 aromatic rings. The zero-order chi connectivity index (χ0) is 16.0. The molecule has 1 aromatic heterocycles. The van der Waals surface area contributed by atoms with Crippen LogP contribution in [-0.2, 0) is 0 Å². The van der Waals surface area contributed by atoms with Gasteiger partial charge in [0.05, 0.1) is 17.6 Å². The second-order valence-corrected chi connectivity index (χ2v) is 5.72. The molecular weight excluding hydrogens is 293 g/mol. The molecule has 1 aliphatic heterocycles. The maximum atomic E-state index is 13.1. The maximum absolute atomic E-state index is 13.1. The summed E-state index contributed by atoms with van der Waals surface area (Å²) in [6.45, 7) is 2.87. The Morgan fingerprint density at radius 3 is 2.70 bits per heavy atom. The number of halogens is 1. The van der Waals surface area contributed by atoms with Gasteiger partial charge in [0.1, 0.15) is 11.7 Å². The van der Waals surface area contributed by atoms with Gasteiger partial charge in [-0.05, 0) is 49.4 Å². The Kier molecular flexibility index (Phi) is 3.04. The van der Waals surface area contributed by atoms with Crippen LogP contribution in [-0.4, -0.2) is 28.0 Å². The van der Waals surface area contributed by atoms with Crippen molar-refractivity contribution >= 4 is 22.8 Å². The highest BCUT2D eigenvalue weighted by atomic mass is 19.1. The predicted molar refractivity (Wildman–Crippen MR) is 89.4 cm³/mol. The topological polar surface area (TPSA) is 68.2 Å². The number of aliphatic imine (C=N–C) groups is 1. The zero-order valence-electron chi connectivity index (χ0n) is 12.6. The van der Waals surface area contributed by atoms with E-state index in [2.05, 4.69) is 22.2 Å². The van der Waals surface area contributed by atoms with Gasteiger partial charge in [-0.2, -0.15) is 0 Å². The van der Waals surface area contributed by atoms with Crippen LogP contribution in [0.3, 0.4) is 0 Å². The molecule has 0 bridgehead atoms. The highest BCUT2D eigenvalue weighted by Gasteiger charge is 2.16. The van der Waals surface area contributed by atoms with Crippen LogP contribution in [0.1, 0.15) is 12.5 Å². The first-order chi connectivity index (χ1) is 11.1. The van der Waals surface area contributed by atoms with E-state index in [1.165, 1.54) is 12.1 Å². The molecule has 116 valence electrons. The van der Waals surface area contributed by atoms with E-state index < -0.39 is 0 Å². The van der Waals surface area contributed by atoms with E-state index in [0.717, 1.165) is 34.7 Å². The first-order valence-corrected chi connectivity index (χ1v) is 7.47. The lowest BCUT2D eigenvalue weighted by Gasteiger charge is -2.08. The summed E-state index contributed by atoms with van der Waals surface area (Å²) in [7, 11) is 0. The molecular formula is C17H16FN5. The minimum absolute atomic E-state index is 0.279. The van der Waals surface area contributed by atoms with E-state index in [1.54, 1.807) is 12.1 Å². The van der Waals surface area contributed by atoms with Crippen LogP contribution in [0.25, 0.3) is 16.7 Å². The van der Waals surface area contributed by atoms with E-state index in [1.807, 2.05) is 22.8 Å². The van der Waals surface area contributed by atoms with Gasteiger partial charge in [-0.1, -0.05) is 0 Å².